The van der Waals surface area contributed by atoms with Crippen LogP contribution in [0.5, 0.6) is 0 Å². The maximum Gasteiger partial charge on any atom is 0.413 e. The van der Waals surface area contributed by atoms with Crippen molar-refractivity contribution in [3.8, 4) is 0 Å². The van der Waals surface area contributed by atoms with E-state index < -0.39 is 47.0 Å². The van der Waals surface area contributed by atoms with Crippen LogP contribution in [-0.2, 0) is 23.9 Å². The number of rotatable bonds is 8. The van der Waals surface area contributed by atoms with Gasteiger partial charge in [-0.3, -0.25) is 19.8 Å². The number of amides is 3. The summed E-state index contributed by atoms with van der Waals surface area (Å²) in [5, 5.41) is 6.81. The molecule has 1 aromatic heterocycles. The van der Waals surface area contributed by atoms with Crippen molar-refractivity contribution in [2.45, 2.75) is 50.8 Å². The van der Waals surface area contributed by atoms with E-state index in [1.807, 2.05) is 60.7 Å². The minimum atomic E-state index is -0.837. The lowest BCUT2D eigenvalue weighted by Gasteiger charge is -2.48. The number of hydrogen-bond donors (Lipinski definition) is 2. The molecule has 5 rings (SSSR count). The number of anilines is 1. The Hall–Kier alpha value is -4.42. The van der Waals surface area contributed by atoms with Gasteiger partial charge in [-0.1, -0.05) is 66.7 Å². The smallest absolute Gasteiger partial charge is 0.413 e. The van der Waals surface area contributed by atoms with Crippen LogP contribution in [0, 0.1) is 0 Å². The Morgan fingerprint density at radius 1 is 1.05 bits per heavy atom. The lowest BCUT2D eigenvalue weighted by Crippen LogP contribution is -2.70. The molecule has 0 bridgehead atoms. The predicted octanol–water partition coefficient (Wildman–Crippen LogP) is 5.51. The Labute approximate surface area is 263 Å². The highest BCUT2D eigenvalue weighted by molar-refractivity contribution is 8.00. The van der Waals surface area contributed by atoms with Gasteiger partial charge in [0.1, 0.15) is 22.7 Å². The van der Waals surface area contributed by atoms with Gasteiger partial charge in [-0.05, 0) is 44.9 Å². The van der Waals surface area contributed by atoms with E-state index in [0.29, 0.717) is 11.4 Å². The third-order valence-electron chi connectivity index (χ3n) is 6.69. The van der Waals surface area contributed by atoms with E-state index in [2.05, 4.69) is 15.6 Å². The van der Waals surface area contributed by atoms with E-state index in [1.54, 1.807) is 45.2 Å². The summed E-state index contributed by atoms with van der Waals surface area (Å²) in [5.74, 6) is -1.05. The van der Waals surface area contributed by atoms with Gasteiger partial charge in [-0.15, -0.1) is 23.1 Å². The van der Waals surface area contributed by atoms with Crippen molar-refractivity contribution in [2.75, 3.05) is 11.1 Å². The lowest BCUT2D eigenvalue weighted by atomic mass is 10.0. The number of allylic oxidation sites excluding steroid dienone is 1. The average molecular weight is 633 g/mol. The van der Waals surface area contributed by atoms with Gasteiger partial charge in [-0.2, -0.15) is 0 Å². The van der Waals surface area contributed by atoms with Crippen LogP contribution in [-0.4, -0.2) is 56.5 Å². The second-order valence-corrected chi connectivity index (χ2v) is 13.0. The molecule has 10 nitrogen and oxygen atoms in total. The quantitative estimate of drug-likeness (QED) is 0.189. The lowest BCUT2D eigenvalue weighted by molar-refractivity contribution is -0.154. The first-order valence-corrected chi connectivity index (χ1v) is 15.9. The Bertz CT molecular complexity index is 1570. The summed E-state index contributed by atoms with van der Waals surface area (Å²) in [6.07, 6.45) is 1.96. The third-order valence-corrected chi connectivity index (χ3v) is 8.63. The molecule has 2 unspecified atom stereocenters. The van der Waals surface area contributed by atoms with Crippen LogP contribution < -0.4 is 10.6 Å². The van der Waals surface area contributed by atoms with Crippen molar-refractivity contribution in [1.29, 1.82) is 0 Å². The van der Waals surface area contributed by atoms with E-state index in [9.17, 15) is 19.2 Å². The third kappa shape index (κ3) is 6.87. The maximum absolute atomic E-state index is 13.5. The first-order chi connectivity index (χ1) is 21.1. The molecule has 3 aromatic rings. The number of nitrogens with one attached hydrogen (secondary N) is 2. The second kappa shape index (κ2) is 13.1. The second-order valence-electron chi connectivity index (χ2n) is 10.9. The van der Waals surface area contributed by atoms with Crippen molar-refractivity contribution < 1.29 is 28.7 Å². The highest BCUT2D eigenvalue weighted by Gasteiger charge is 2.53. The van der Waals surface area contributed by atoms with Gasteiger partial charge in [0.25, 0.3) is 11.8 Å². The Morgan fingerprint density at radius 3 is 2.27 bits per heavy atom. The van der Waals surface area contributed by atoms with Crippen molar-refractivity contribution in [3.63, 3.8) is 0 Å². The molecule has 0 aliphatic carbocycles. The fraction of sp³-hybridized carbons (Fsp3) is 0.281. The van der Waals surface area contributed by atoms with Crippen molar-refractivity contribution in [3.05, 3.63) is 101 Å². The maximum atomic E-state index is 13.5. The van der Waals surface area contributed by atoms with E-state index in [-0.39, 0.29) is 16.4 Å². The predicted molar refractivity (Wildman–Crippen MR) is 170 cm³/mol. The van der Waals surface area contributed by atoms with Crippen LogP contribution in [0.2, 0.25) is 0 Å². The molecule has 228 valence electrons. The molecule has 12 heteroatoms. The molecule has 2 aliphatic heterocycles. The van der Waals surface area contributed by atoms with E-state index >= 15 is 0 Å². The van der Waals surface area contributed by atoms with Crippen LogP contribution in [0.4, 0.5) is 9.93 Å². The zero-order valence-corrected chi connectivity index (χ0v) is 26.2. The van der Waals surface area contributed by atoms with Gasteiger partial charge < -0.3 is 14.8 Å². The van der Waals surface area contributed by atoms with Gasteiger partial charge in [0.2, 0.25) is 0 Å². The number of aromatic nitrogens is 1. The summed E-state index contributed by atoms with van der Waals surface area (Å²) in [7, 11) is 0. The van der Waals surface area contributed by atoms with Gasteiger partial charge in [0.05, 0.1) is 11.3 Å². The summed E-state index contributed by atoms with van der Waals surface area (Å²) in [4.78, 5) is 57.9. The van der Waals surface area contributed by atoms with E-state index in [4.69, 9.17) is 9.47 Å². The number of ether oxygens (including phenoxy) is 2. The van der Waals surface area contributed by atoms with E-state index in [0.717, 1.165) is 22.5 Å². The molecule has 3 heterocycles. The molecule has 3 amide bonds. The number of thioether (sulfide) groups is 1. The van der Waals surface area contributed by atoms with Crippen molar-refractivity contribution in [1.82, 2.24) is 15.2 Å². The topological polar surface area (TPSA) is 127 Å². The number of thiazole rings is 1. The molecule has 2 atom stereocenters. The number of carbonyl (C=O) groups is 4. The minimum Gasteiger partial charge on any atom is -0.448 e. The fourth-order valence-electron chi connectivity index (χ4n) is 4.74. The standard InChI is InChI=1S/C32H32N4O6S2/c1-5-21(22-18-44-30(33-22)35-31(40)42-32(2,3)4)26(37)34-24-27(38)36-23(16-17-43-28(24)36)29(39)41-25(19-12-8-6-9-13-19)20-14-10-7-11-15-20/h5-16,18,24-25,28H,17H2,1-4H3,(H,34,37)(H,33,35,40)/b21-5+. The SMILES string of the molecule is C/C=C(/C(=O)NC1C(=O)N2C(C(=O)OC(c3ccccc3)c3ccccc3)=CCSC12)c1csc(NC(=O)OC(C)(C)C)n1. The molecular weight excluding hydrogens is 601 g/mol. The van der Waals surface area contributed by atoms with Gasteiger partial charge >= 0.3 is 12.1 Å². The zero-order valence-electron chi connectivity index (χ0n) is 24.6. The monoisotopic (exact) mass is 632 g/mol. The molecule has 2 aromatic carbocycles. The summed E-state index contributed by atoms with van der Waals surface area (Å²) < 4.78 is 11.3. The Morgan fingerprint density at radius 2 is 1.68 bits per heavy atom. The van der Waals surface area contributed by atoms with Crippen LogP contribution in [0.25, 0.3) is 5.57 Å². The fourth-order valence-corrected chi connectivity index (χ4v) is 6.63. The number of fused-ring (bicyclic) bond motifs is 1. The minimum absolute atomic E-state index is 0.157. The zero-order chi connectivity index (χ0) is 31.4. The molecule has 1 fully saturated rings. The summed E-state index contributed by atoms with van der Waals surface area (Å²) >= 11 is 2.59. The number of esters is 1. The van der Waals surface area contributed by atoms with Crippen molar-refractivity contribution >= 4 is 57.7 Å². The average Bonchev–Trinajstić information content (AvgIpc) is 3.45. The summed E-state index contributed by atoms with van der Waals surface area (Å²) in [6, 6.07) is 18.0. The first-order valence-electron chi connectivity index (χ1n) is 13.9. The number of nitrogens with zero attached hydrogens (tertiary/aromatic N) is 2. The normalized spacial score (nSPS) is 18.1. The molecule has 1 saturated heterocycles. The van der Waals surface area contributed by atoms with Crippen LogP contribution in [0.3, 0.4) is 0 Å². The molecular formula is C32H32N4O6S2. The van der Waals surface area contributed by atoms with Crippen LogP contribution in [0.15, 0.2) is 83.9 Å². The van der Waals surface area contributed by atoms with E-state index in [1.165, 1.54) is 16.7 Å². The Kier molecular flexibility index (Phi) is 9.21. The summed E-state index contributed by atoms with van der Waals surface area (Å²) in [6.45, 7) is 6.95. The van der Waals surface area contributed by atoms with Gasteiger partial charge in [-0.25, -0.2) is 14.6 Å². The number of β-lactam (4-membered cyclic amide) rings is 1. The van der Waals surface area contributed by atoms with Crippen LogP contribution in [0.1, 0.15) is 50.6 Å². The number of benzene rings is 2. The molecule has 0 radical (unpaired) electrons. The van der Waals surface area contributed by atoms with Gasteiger partial charge in [0.15, 0.2) is 11.2 Å². The highest BCUT2D eigenvalue weighted by atomic mass is 32.2. The molecule has 44 heavy (non-hydrogen) atoms. The van der Waals surface area contributed by atoms with Crippen LogP contribution >= 0.6 is 23.1 Å². The summed E-state index contributed by atoms with van der Waals surface area (Å²) in [5.41, 5.74) is 1.69. The Balaban J connectivity index is 1.24. The first kappa shape index (κ1) is 31.0. The van der Waals surface area contributed by atoms with Gasteiger partial charge in [0, 0.05) is 11.1 Å². The molecule has 2 N–H and O–H groups in total. The molecule has 0 saturated carbocycles. The number of carbonyl (C=O) groups excluding carboxylic acids is 4. The highest BCUT2D eigenvalue weighted by Crippen LogP contribution is 2.39. The molecule has 0 spiro atoms. The molecule has 2 aliphatic rings. The van der Waals surface area contributed by atoms with Crippen molar-refractivity contribution in [2.24, 2.45) is 0 Å². The largest absolute Gasteiger partial charge is 0.448 e. The number of hydrogen-bond acceptors (Lipinski definition) is 9.